The van der Waals surface area contributed by atoms with E-state index in [-0.39, 0.29) is 5.91 Å². The van der Waals surface area contributed by atoms with E-state index in [1.165, 1.54) is 0 Å². The van der Waals surface area contributed by atoms with E-state index in [0.29, 0.717) is 12.1 Å². The summed E-state index contributed by atoms with van der Waals surface area (Å²) in [5.41, 5.74) is 7.91. The lowest BCUT2D eigenvalue weighted by atomic mass is 10.1. The summed E-state index contributed by atoms with van der Waals surface area (Å²) in [6.07, 6.45) is 0. The summed E-state index contributed by atoms with van der Waals surface area (Å²) in [6.45, 7) is 0.398. The van der Waals surface area contributed by atoms with E-state index >= 15 is 0 Å². The van der Waals surface area contributed by atoms with Crippen LogP contribution in [0.2, 0.25) is 0 Å². The number of hydrogen-bond donors (Lipinski definition) is 2. The molecule has 0 aliphatic heterocycles. The fourth-order valence-corrected chi connectivity index (χ4v) is 2.04. The fourth-order valence-electron chi connectivity index (χ4n) is 1.64. The van der Waals surface area contributed by atoms with Gasteiger partial charge in [-0.15, -0.1) is 0 Å². The maximum atomic E-state index is 12.1. The predicted octanol–water partition coefficient (Wildman–Crippen LogP) is 3.16. The van der Waals surface area contributed by atoms with E-state index in [2.05, 4.69) is 21.2 Å². The van der Waals surface area contributed by atoms with E-state index in [1.807, 2.05) is 36.4 Å². The number of carbonyl (C=O) groups excluding carboxylic acids is 1. The average Bonchev–Trinajstić information content (AvgIpc) is 2.39. The maximum absolute atomic E-state index is 12.1. The van der Waals surface area contributed by atoms with Crippen LogP contribution < -0.4 is 11.1 Å². The number of amides is 1. The first kappa shape index (κ1) is 12.8. The van der Waals surface area contributed by atoms with Crippen LogP contribution in [-0.4, -0.2) is 5.91 Å². The number of hydrogen-bond acceptors (Lipinski definition) is 2. The standard InChI is InChI=1S/C14H13BrN2O/c15-12-6-3-5-10(8-12)14(18)17-13-7-2-1-4-11(13)9-16/h1-8H,9,16H2,(H,17,18). The minimum absolute atomic E-state index is 0.141. The van der Waals surface area contributed by atoms with Gasteiger partial charge in [-0.25, -0.2) is 0 Å². The van der Waals surface area contributed by atoms with Crippen LogP contribution in [0.1, 0.15) is 15.9 Å². The average molecular weight is 305 g/mol. The van der Waals surface area contributed by atoms with Crippen molar-refractivity contribution in [2.45, 2.75) is 6.54 Å². The van der Waals surface area contributed by atoms with Crippen LogP contribution in [0.3, 0.4) is 0 Å². The number of rotatable bonds is 3. The third kappa shape index (κ3) is 2.97. The molecule has 0 fully saturated rings. The number of halogens is 1. The van der Waals surface area contributed by atoms with Gasteiger partial charge in [0.2, 0.25) is 0 Å². The minimum atomic E-state index is -0.141. The molecule has 0 radical (unpaired) electrons. The number of nitrogens with one attached hydrogen (secondary N) is 1. The van der Waals surface area contributed by atoms with Crippen LogP contribution in [0.25, 0.3) is 0 Å². The highest BCUT2D eigenvalue weighted by atomic mass is 79.9. The minimum Gasteiger partial charge on any atom is -0.326 e. The molecule has 4 heteroatoms. The van der Waals surface area contributed by atoms with Crippen molar-refractivity contribution in [3.8, 4) is 0 Å². The zero-order chi connectivity index (χ0) is 13.0. The number of carbonyl (C=O) groups is 1. The van der Waals surface area contributed by atoms with Crippen molar-refractivity contribution in [3.63, 3.8) is 0 Å². The lowest BCUT2D eigenvalue weighted by Gasteiger charge is -2.09. The van der Waals surface area contributed by atoms with Crippen molar-refractivity contribution >= 4 is 27.5 Å². The summed E-state index contributed by atoms with van der Waals surface area (Å²) in [5, 5.41) is 2.87. The van der Waals surface area contributed by atoms with Crippen molar-refractivity contribution in [1.29, 1.82) is 0 Å². The van der Waals surface area contributed by atoms with Crippen molar-refractivity contribution in [3.05, 3.63) is 64.1 Å². The molecule has 0 spiro atoms. The zero-order valence-electron chi connectivity index (χ0n) is 9.69. The Hall–Kier alpha value is -1.65. The predicted molar refractivity (Wildman–Crippen MR) is 76.4 cm³/mol. The Morgan fingerprint density at radius 2 is 1.94 bits per heavy atom. The van der Waals surface area contributed by atoms with Crippen LogP contribution in [0.4, 0.5) is 5.69 Å². The summed E-state index contributed by atoms with van der Waals surface area (Å²) in [4.78, 5) is 12.1. The van der Waals surface area contributed by atoms with Crippen LogP contribution in [0, 0.1) is 0 Å². The molecular formula is C14H13BrN2O. The van der Waals surface area contributed by atoms with Gasteiger partial charge in [0.15, 0.2) is 0 Å². The molecule has 0 heterocycles. The molecule has 0 aromatic heterocycles. The third-order valence-electron chi connectivity index (χ3n) is 2.57. The van der Waals surface area contributed by atoms with Crippen molar-refractivity contribution in [1.82, 2.24) is 0 Å². The van der Waals surface area contributed by atoms with E-state index in [0.717, 1.165) is 15.7 Å². The van der Waals surface area contributed by atoms with Gasteiger partial charge < -0.3 is 11.1 Å². The number of nitrogens with two attached hydrogens (primary N) is 1. The molecule has 3 nitrogen and oxygen atoms in total. The Bertz CT molecular complexity index is 569. The highest BCUT2D eigenvalue weighted by Crippen LogP contribution is 2.17. The van der Waals surface area contributed by atoms with E-state index in [1.54, 1.807) is 12.1 Å². The summed E-state index contributed by atoms with van der Waals surface area (Å²) >= 11 is 3.34. The van der Waals surface area contributed by atoms with Crippen molar-refractivity contribution in [2.24, 2.45) is 5.73 Å². The number of benzene rings is 2. The molecule has 2 aromatic carbocycles. The van der Waals surface area contributed by atoms with Crippen LogP contribution in [0.5, 0.6) is 0 Å². The van der Waals surface area contributed by atoms with Crippen LogP contribution in [0.15, 0.2) is 53.0 Å². The topological polar surface area (TPSA) is 55.1 Å². The molecule has 2 rings (SSSR count). The summed E-state index contributed by atoms with van der Waals surface area (Å²) in [6, 6.07) is 14.8. The normalized spacial score (nSPS) is 10.1. The van der Waals surface area contributed by atoms with Gasteiger partial charge in [-0.1, -0.05) is 40.2 Å². The van der Waals surface area contributed by atoms with Gasteiger partial charge in [-0.05, 0) is 29.8 Å². The molecule has 0 unspecified atom stereocenters. The Kier molecular flexibility index (Phi) is 4.12. The van der Waals surface area contributed by atoms with Gasteiger partial charge >= 0.3 is 0 Å². The number of para-hydroxylation sites is 1. The second kappa shape index (κ2) is 5.80. The SMILES string of the molecule is NCc1ccccc1NC(=O)c1cccc(Br)c1. The van der Waals surface area contributed by atoms with E-state index in [4.69, 9.17) is 5.73 Å². The van der Waals surface area contributed by atoms with E-state index < -0.39 is 0 Å². The molecule has 0 atom stereocenters. The molecule has 0 aliphatic carbocycles. The largest absolute Gasteiger partial charge is 0.326 e. The monoisotopic (exact) mass is 304 g/mol. The third-order valence-corrected chi connectivity index (χ3v) is 3.07. The van der Waals surface area contributed by atoms with Crippen molar-refractivity contribution in [2.75, 3.05) is 5.32 Å². The van der Waals surface area contributed by atoms with Gasteiger partial charge in [0, 0.05) is 22.3 Å². The first-order valence-corrected chi connectivity index (χ1v) is 6.35. The van der Waals surface area contributed by atoms with Gasteiger partial charge in [0.1, 0.15) is 0 Å². The second-order valence-electron chi connectivity index (χ2n) is 3.83. The highest BCUT2D eigenvalue weighted by Gasteiger charge is 2.08. The highest BCUT2D eigenvalue weighted by molar-refractivity contribution is 9.10. The molecule has 0 aliphatic rings. The maximum Gasteiger partial charge on any atom is 0.255 e. The lowest BCUT2D eigenvalue weighted by Crippen LogP contribution is -2.14. The Labute approximate surface area is 114 Å². The van der Waals surface area contributed by atoms with Gasteiger partial charge in [0.25, 0.3) is 5.91 Å². The first-order chi connectivity index (χ1) is 8.70. The van der Waals surface area contributed by atoms with Crippen LogP contribution in [-0.2, 0) is 6.54 Å². The Balaban J connectivity index is 2.21. The van der Waals surface area contributed by atoms with Gasteiger partial charge in [-0.3, -0.25) is 4.79 Å². The van der Waals surface area contributed by atoms with Crippen molar-refractivity contribution < 1.29 is 4.79 Å². The molecule has 0 saturated carbocycles. The Morgan fingerprint density at radius 1 is 1.17 bits per heavy atom. The first-order valence-electron chi connectivity index (χ1n) is 5.55. The molecule has 2 aromatic rings. The molecular weight excluding hydrogens is 292 g/mol. The quantitative estimate of drug-likeness (QED) is 0.915. The molecule has 92 valence electrons. The lowest BCUT2D eigenvalue weighted by molar-refractivity contribution is 0.102. The molecule has 1 amide bonds. The van der Waals surface area contributed by atoms with Gasteiger partial charge in [-0.2, -0.15) is 0 Å². The number of anilines is 1. The summed E-state index contributed by atoms with van der Waals surface area (Å²) in [7, 11) is 0. The van der Waals surface area contributed by atoms with Crippen LogP contribution >= 0.6 is 15.9 Å². The molecule has 18 heavy (non-hydrogen) atoms. The Morgan fingerprint density at radius 3 is 2.67 bits per heavy atom. The van der Waals surface area contributed by atoms with Gasteiger partial charge in [0.05, 0.1) is 0 Å². The molecule has 0 saturated heterocycles. The summed E-state index contributed by atoms with van der Waals surface area (Å²) in [5.74, 6) is -0.141. The smallest absolute Gasteiger partial charge is 0.255 e. The second-order valence-corrected chi connectivity index (χ2v) is 4.74. The fraction of sp³-hybridized carbons (Fsp3) is 0.0714. The van der Waals surface area contributed by atoms with E-state index in [9.17, 15) is 4.79 Å². The summed E-state index contributed by atoms with van der Waals surface area (Å²) < 4.78 is 0.877. The molecule has 3 N–H and O–H groups in total. The molecule has 0 bridgehead atoms. The zero-order valence-corrected chi connectivity index (χ0v) is 11.3.